The number of rotatable bonds is 5. The molecule has 2 N–H and O–H groups in total. The predicted octanol–water partition coefficient (Wildman–Crippen LogP) is 3.30. The lowest BCUT2D eigenvalue weighted by Crippen LogP contribution is -2.33. The van der Waals surface area contributed by atoms with Crippen molar-refractivity contribution in [3.63, 3.8) is 0 Å². The average Bonchev–Trinajstić information content (AvgIpc) is 3.04. The molecule has 1 aromatic rings. The smallest absolute Gasteiger partial charge is 0.238 e. The van der Waals surface area contributed by atoms with Crippen LogP contribution in [-0.4, -0.2) is 19.0 Å². The Morgan fingerprint density at radius 1 is 1.20 bits per heavy atom. The summed E-state index contributed by atoms with van der Waals surface area (Å²) in [6.45, 7) is 1.37. The molecule has 0 aromatic heterocycles. The van der Waals surface area contributed by atoms with E-state index in [9.17, 15) is 4.79 Å². The number of hydrogen-bond donors (Lipinski definition) is 2. The fraction of sp³-hybridized carbons (Fsp3) is 0.562. The van der Waals surface area contributed by atoms with Gasteiger partial charge < -0.3 is 10.6 Å². The number of carbonyl (C=O) groups is 1. The minimum atomic E-state index is 0.00970. The second-order valence-electron chi connectivity index (χ2n) is 6.12. The van der Waals surface area contributed by atoms with Crippen molar-refractivity contribution < 1.29 is 4.79 Å². The molecule has 2 saturated carbocycles. The molecule has 1 amide bonds. The monoisotopic (exact) mass is 292 g/mol. The number of anilines is 1. The summed E-state index contributed by atoms with van der Waals surface area (Å²) in [5.74, 6) is 2.68. The summed E-state index contributed by atoms with van der Waals surface area (Å²) in [6.07, 6.45) is 5.60. The molecule has 0 radical (unpaired) electrons. The van der Waals surface area contributed by atoms with Crippen molar-refractivity contribution in [3.8, 4) is 0 Å². The van der Waals surface area contributed by atoms with E-state index in [1.807, 2.05) is 12.1 Å². The number of fused-ring (bicyclic) bond motifs is 2. The Balaban J connectivity index is 1.38. The van der Waals surface area contributed by atoms with Crippen molar-refractivity contribution in [2.75, 3.05) is 18.4 Å². The molecule has 1 aromatic carbocycles. The summed E-state index contributed by atoms with van der Waals surface area (Å²) in [4.78, 5) is 11.8. The minimum absolute atomic E-state index is 0.00970. The SMILES string of the molecule is O=C(CNCC1CC2CCC1C2)Nc1ccc(Cl)cc1. The number of hydrogen-bond acceptors (Lipinski definition) is 2. The maximum Gasteiger partial charge on any atom is 0.238 e. The van der Waals surface area contributed by atoms with Gasteiger partial charge in [0, 0.05) is 10.7 Å². The van der Waals surface area contributed by atoms with Gasteiger partial charge in [0.1, 0.15) is 0 Å². The van der Waals surface area contributed by atoms with E-state index in [1.165, 1.54) is 25.7 Å². The lowest BCUT2D eigenvalue weighted by molar-refractivity contribution is -0.115. The van der Waals surface area contributed by atoms with Crippen LogP contribution in [0.25, 0.3) is 0 Å². The molecule has 0 spiro atoms. The molecule has 2 aliphatic carbocycles. The highest BCUT2D eigenvalue weighted by atomic mass is 35.5. The van der Waals surface area contributed by atoms with Gasteiger partial charge in [0.05, 0.1) is 6.54 Å². The summed E-state index contributed by atoms with van der Waals surface area (Å²) < 4.78 is 0. The lowest BCUT2D eigenvalue weighted by Gasteiger charge is -2.21. The van der Waals surface area contributed by atoms with Crippen molar-refractivity contribution in [1.82, 2.24) is 5.32 Å². The predicted molar refractivity (Wildman–Crippen MR) is 81.9 cm³/mol. The molecule has 0 saturated heterocycles. The minimum Gasteiger partial charge on any atom is -0.325 e. The van der Waals surface area contributed by atoms with E-state index >= 15 is 0 Å². The average molecular weight is 293 g/mol. The normalized spacial score (nSPS) is 27.8. The molecule has 0 aliphatic heterocycles. The van der Waals surface area contributed by atoms with Gasteiger partial charge in [-0.25, -0.2) is 0 Å². The fourth-order valence-electron chi connectivity index (χ4n) is 3.74. The molecule has 3 unspecified atom stereocenters. The van der Waals surface area contributed by atoms with E-state index in [1.54, 1.807) is 12.1 Å². The van der Waals surface area contributed by atoms with E-state index in [0.29, 0.717) is 11.6 Å². The zero-order chi connectivity index (χ0) is 13.9. The van der Waals surface area contributed by atoms with Crippen molar-refractivity contribution in [2.24, 2.45) is 17.8 Å². The van der Waals surface area contributed by atoms with Crippen LogP contribution in [0.2, 0.25) is 5.02 Å². The van der Waals surface area contributed by atoms with Gasteiger partial charge in [0.25, 0.3) is 0 Å². The van der Waals surface area contributed by atoms with Crippen LogP contribution in [0, 0.1) is 17.8 Å². The van der Waals surface area contributed by atoms with Gasteiger partial charge in [-0.05, 0) is 67.8 Å². The first-order valence-electron chi connectivity index (χ1n) is 7.47. The molecule has 2 aliphatic rings. The van der Waals surface area contributed by atoms with E-state index in [0.717, 1.165) is 30.0 Å². The van der Waals surface area contributed by atoms with E-state index < -0.39 is 0 Å². The van der Waals surface area contributed by atoms with Gasteiger partial charge in [-0.3, -0.25) is 4.79 Å². The van der Waals surface area contributed by atoms with Gasteiger partial charge >= 0.3 is 0 Å². The van der Waals surface area contributed by atoms with Crippen LogP contribution >= 0.6 is 11.6 Å². The van der Waals surface area contributed by atoms with Crippen LogP contribution in [0.3, 0.4) is 0 Å². The molecular weight excluding hydrogens is 272 g/mol. The summed E-state index contributed by atoms with van der Waals surface area (Å²) >= 11 is 5.81. The number of carbonyl (C=O) groups excluding carboxylic acids is 1. The number of halogens is 1. The second-order valence-corrected chi connectivity index (χ2v) is 6.56. The Bertz CT molecular complexity index is 474. The number of nitrogens with one attached hydrogen (secondary N) is 2. The van der Waals surface area contributed by atoms with Crippen molar-refractivity contribution in [1.29, 1.82) is 0 Å². The first-order chi connectivity index (χ1) is 9.70. The van der Waals surface area contributed by atoms with Gasteiger partial charge in [-0.1, -0.05) is 18.0 Å². The largest absolute Gasteiger partial charge is 0.325 e. The molecular formula is C16H21ClN2O. The highest BCUT2D eigenvalue weighted by molar-refractivity contribution is 6.30. The number of benzene rings is 1. The second kappa shape index (κ2) is 6.15. The highest BCUT2D eigenvalue weighted by Crippen LogP contribution is 2.47. The first kappa shape index (κ1) is 13.9. The van der Waals surface area contributed by atoms with Crippen LogP contribution in [0.15, 0.2) is 24.3 Å². The molecule has 0 heterocycles. The van der Waals surface area contributed by atoms with E-state index in [4.69, 9.17) is 11.6 Å². The summed E-state index contributed by atoms with van der Waals surface area (Å²) in [5.41, 5.74) is 0.793. The molecule has 3 atom stereocenters. The Hall–Kier alpha value is -1.06. The maximum atomic E-state index is 11.8. The molecule has 108 valence electrons. The molecule has 3 rings (SSSR count). The fourth-order valence-corrected chi connectivity index (χ4v) is 3.86. The third-order valence-corrected chi connectivity index (χ3v) is 4.96. The third kappa shape index (κ3) is 3.33. The Kier molecular flexibility index (Phi) is 4.27. The molecule has 3 nitrogen and oxygen atoms in total. The summed E-state index contributed by atoms with van der Waals surface area (Å²) in [6, 6.07) is 7.19. The van der Waals surface area contributed by atoms with Gasteiger partial charge in [0.2, 0.25) is 5.91 Å². The zero-order valence-corrected chi connectivity index (χ0v) is 12.3. The maximum absolute atomic E-state index is 11.8. The highest BCUT2D eigenvalue weighted by Gasteiger charge is 2.38. The van der Waals surface area contributed by atoms with Crippen LogP contribution < -0.4 is 10.6 Å². The van der Waals surface area contributed by atoms with Crippen LogP contribution in [0.4, 0.5) is 5.69 Å². The Morgan fingerprint density at radius 3 is 2.65 bits per heavy atom. The van der Waals surface area contributed by atoms with Gasteiger partial charge in [0.15, 0.2) is 0 Å². The lowest BCUT2D eigenvalue weighted by atomic mass is 9.89. The number of amides is 1. The third-order valence-electron chi connectivity index (χ3n) is 4.70. The van der Waals surface area contributed by atoms with Crippen molar-refractivity contribution in [3.05, 3.63) is 29.3 Å². The first-order valence-corrected chi connectivity index (χ1v) is 7.84. The van der Waals surface area contributed by atoms with Crippen molar-refractivity contribution >= 4 is 23.2 Å². The summed E-state index contributed by atoms with van der Waals surface area (Å²) in [5, 5.41) is 6.85. The molecule has 4 heteroatoms. The zero-order valence-electron chi connectivity index (χ0n) is 11.6. The quantitative estimate of drug-likeness (QED) is 0.874. The Morgan fingerprint density at radius 2 is 2.00 bits per heavy atom. The van der Waals surface area contributed by atoms with Gasteiger partial charge in [-0.15, -0.1) is 0 Å². The van der Waals surface area contributed by atoms with Crippen LogP contribution in [-0.2, 0) is 4.79 Å². The topological polar surface area (TPSA) is 41.1 Å². The van der Waals surface area contributed by atoms with Gasteiger partial charge in [-0.2, -0.15) is 0 Å². The van der Waals surface area contributed by atoms with Crippen LogP contribution in [0.5, 0.6) is 0 Å². The van der Waals surface area contributed by atoms with Crippen LogP contribution in [0.1, 0.15) is 25.7 Å². The summed E-state index contributed by atoms with van der Waals surface area (Å²) in [7, 11) is 0. The van der Waals surface area contributed by atoms with E-state index in [-0.39, 0.29) is 5.91 Å². The standard InChI is InChI=1S/C16H21ClN2O/c17-14-3-5-15(6-4-14)19-16(20)10-18-9-13-8-11-1-2-12(13)7-11/h3-6,11-13,18H,1-2,7-10H2,(H,19,20). The molecule has 20 heavy (non-hydrogen) atoms. The molecule has 2 fully saturated rings. The molecule has 2 bridgehead atoms. The van der Waals surface area contributed by atoms with E-state index in [2.05, 4.69) is 10.6 Å². The Labute approximate surface area is 125 Å². The van der Waals surface area contributed by atoms with Crippen molar-refractivity contribution in [2.45, 2.75) is 25.7 Å².